The van der Waals surface area contributed by atoms with Crippen LogP contribution in [0.3, 0.4) is 0 Å². The van der Waals surface area contributed by atoms with E-state index >= 15 is 0 Å². The first-order chi connectivity index (χ1) is 12.0. The minimum Gasteiger partial charge on any atom is -0.463 e. The lowest BCUT2D eigenvalue weighted by molar-refractivity contribution is -0.139. The number of nitrogens with zero attached hydrogens (tertiary/aromatic N) is 2. The highest BCUT2D eigenvalue weighted by Crippen LogP contribution is 2.29. The quantitative estimate of drug-likeness (QED) is 0.825. The Morgan fingerprint density at radius 2 is 2.16 bits per heavy atom. The van der Waals surface area contributed by atoms with Gasteiger partial charge >= 0.3 is 12.0 Å². The number of benzene rings is 1. The molecule has 25 heavy (non-hydrogen) atoms. The largest absolute Gasteiger partial charge is 0.463 e. The van der Waals surface area contributed by atoms with Gasteiger partial charge in [-0.1, -0.05) is 23.4 Å². The van der Waals surface area contributed by atoms with Crippen LogP contribution >= 0.6 is 0 Å². The number of carbonyl (C=O) groups excluding carboxylic acids is 2. The molecule has 130 valence electrons. The molecule has 2 heterocycles. The van der Waals surface area contributed by atoms with Crippen molar-refractivity contribution in [3.05, 3.63) is 47.0 Å². The molecular formula is C17H18N4O4. The Hall–Kier alpha value is -3.16. The van der Waals surface area contributed by atoms with E-state index in [9.17, 15) is 9.59 Å². The van der Waals surface area contributed by atoms with Crippen LogP contribution in [0.25, 0.3) is 11.4 Å². The SMILES string of the molecule is CCOC(=O)C1=C(C)NC(=O)NC1c1cccc(-c2noc(C)n2)c1. The molecule has 1 aliphatic rings. The number of aryl methyl sites for hydroxylation is 1. The summed E-state index contributed by atoms with van der Waals surface area (Å²) in [5, 5.41) is 9.27. The van der Waals surface area contributed by atoms with E-state index in [1.165, 1.54) is 0 Å². The van der Waals surface area contributed by atoms with Crippen LogP contribution in [0, 0.1) is 6.92 Å². The van der Waals surface area contributed by atoms with Crippen molar-refractivity contribution in [2.45, 2.75) is 26.8 Å². The van der Waals surface area contributed by atoms with E-state index in [4.69, 9.17) is 9.26 Å². The molecule has 0 saturated heterocycles. The number of amides is 2. The number of esters is 1. The molecule has 0 saturated carbocycles. The molecule has 3 rings (SSSR count). The summed E-state index contributed by atoms with van der Waals surface area (Å²) >= 11 is 0. The zero-order valence-corrected chi connectivity index (χ0v) is 14.1. The normalized spacial score (nSPS) is 17.1. The molecule has 0 radical (unpaired) electrons. The van der Waals surface area contributed by atoms with Crippen molar-refractivity contribution in [1.29, 1.82) is 0 Å². The van der Waals surface area contributed by atoms with Gasteiger partial charge in [0.25, 0.3) is 0 Å². The fraction of sp³-hybridized carbons (Fsp3) is 0.294. The Labute approximate surface area is 144 Å². The number of hydrogen-bond acceptors (Lipinski definition) is 6. The number of nitrogens with one attached hydrogen (secondary N) is 2. The van der Waals surface area contributed by atoms with Crippen LogP contribution in [0.5, 0.6) is 0 Å². The summed E-state index contributed by atoms with van der Waals surface area (Å²) in [4.78, 5) is 28.4. The number of allylic oxidation sites excluding steroid dienone is 1. The van der Waals surface area contributed by atoms with Crippen molar-refractivity contribution in [3.63, 3.8) is 0 Å². The second kappa shape index (κ2) is 6.76. The lowest BCUT2D eigenvalue weighted by Crippen LogP contribution is -2.45. The van der Waals surface area contributed by atoms with Gasteiger partial charge in [-0.15, -0.1) is 0 Å². The molecule has 1 unspecified atom stereocenters. The van der Waals surface area contributed by atoms with Crippen LogP contribution in [0.1, 0.15) is 31.3 Å². The molecule has 1 atom stereocenters. The number of rotatable bonds is 4. The third-order valence-electron chi connectivity index (χ3n) is 3.77. The van der Waals surface area contributed by atoms with Gasteiger partial charge in [-0.2, -0.15) is 4.98 Å². The van der Waals surface area contributed by atoms with Crippen molar-refractivity contribution < 1.29 is 18.8 Å². The lowest BCUT2D eigenvalue weighted by atomic mass is 9.94. The van der Waals surface area contributed by atoms with Gasteiger partial charge in [-0.25, -0.2) is 9.59 Å². The summed E-state index contributed by atoms with van der Waals surface area (Å²) in [5.74, 6) is 0.426. The number of ether oxygens (including phenoxy) is 1. The van der Waals surface area contributed by atoms with Crippen molar-refractivity contribution in [2.75, 3.05) is 6.61 Å². The third-order valence-corrected chi connectivity index (χ3v) is 3.77. The fourth-order valence-corrected chi connectivity index (χ4v) is 2.70. The molecule has 0 fully saturated rings. The van der Waals surface area contributed by atoms with E-state index in [0.29, 0.717) is 23.0 Å². The molecule has 0 spiro atoms. The highest BCUT2D eigenvalue weighted by atomic mass is 16.5. The van der Waals surface area contributed by atoms with Crippen LogP contribution in [0.4, 0.5) is 4.79 Å². The molecule has 2 aromatic rings. The molecule has 0 bridgehead atoms. The lowest BCUT2D eigenvalue weighted by Gasteiger charge is -2.28. The third kappa shape index (κ3) is 3.37. The number of aromatic nitrogens is 2. The molecule has 1 aromatic carbocycles. The van der Waals surface area contributed by atoms with Crippen LogP contribution in [0.2, 0.25) is 0 Å². The van der Waals surface area contributed by atoms with Crippen LogP contribution < -0.4 is 10.6 Å². The summed E-state index contributed by atoms with van der Waals surface area (Å²) in [6.07, 6.45) is 0. The molecule has 1 aliphatic heterocycles. The standard InChI is InChI=1S/C17H18N4O4/c1-4-24-16(22)13-9(2)18-17(23)20-14(13)11-6-5-7-12(8-11)15-19-10(3)25-21-15/h5-8,14H,4H2,1-3H3,(H2,18,20,23). The van der Waals surface area contributed by atoms with Crippen molar-refractivity contribution in [1.82, 2.24) is 20.8 Å². The van der Waals surface area contributed by atoms with Gasteiger partial charge in [-0.3, -0.25) is 0 Å². The van der Waals surface area contributed by atoms with Crippen LogP contribution in [-0.4, -0.2) is 28.7 Å². The predicted molar refractivity (Wildman–Crippen MR) is 88.2 cm³/mol. The van der Waals surface area contributed by atoms with Gasteiger partial charge in [-0.05, 0) is 25.5 Å². The number of hydrogen-bond donors (Lipinski definition) is 2. The minimum atomic E-state index is -0.624. The Kier molecular flexibility index (Phi) is 4.51. The first-order valence-electron chi connectivity index (χ1n) is 7.85. The summed E-state index contributed by atoms with van der Waals surface area (Å²) in [6.45, 7) is 5.36. The topological polar surface area (TPSA) is 106 Å². The van der Waals surface area contributed by atoms with Gasteiger partial charge in [0.2, 0.25) is 11.7 Å². The Morgan fingerprint density at radius 3 is 2.84 bits per heavy atom. The van der Waals surface area contributed by atoms with Gasteiger partial charge in [0.05, 0.1) is 18.2 Å². The second-order valence-electron chi connectivity index (χ2n) is 5.55. The monoisotopic (exact) mass is 342 g/mol. The first-order valence-corrected chi connectivity index (χ1v) is 7.85. The predicted octanol–water partition coefficient (Wildman–Crippen LogP) is 2.24. The number of urea groups is 1. The number of carbonyl (C=O) groups is 2. The zero-order chi connectivity index (χ0) is 18.0. The maximum absolute atomic E-state index is 12.3. The van der Waals surface area contributed by atoms with E-state index in [1.54, 1.807) is 20.8 Å². The van der Waals surface area contributed by atoms with E-state index in [1.807, 2.05) is 24.3 Å². The van der Waals surface area contributed by atoms with Crippen molar-refractivity contribution in [2.24, 2.45) is 0 Å². The summed E-state index contributed by atoms with van der Waals surface area (Å²) < 4.78 is 10.1. The summed E-state index contributed by atoms with van der Waals surface area (Å²) in [7, 11) is 0. The van der Waals surface area contributed by atoms with Gasteiger partial charge in [0.15, 0.2) is 0 Å². The molecule has 2 N–H and O–H groups in total. The Bertz CT molecular complexity index is 856. The van der Waals surface area contributed by atoms with Crippen molar-refractivity contribution >= 4 is 12.0 Å². The van der Waals surface area contributed by atoms with Crippen molar-refractivity contribution in [3.8, 4) is 11.4 Å². The van der Waals surface area contributed by atoms with E-state index < -0.39 is 12.0 Å². The smallest absolute Gasteiger partial charge is 0.338 e. The minimum absolute atomic E-state index is 0.248. The van der Waals surface area contributed by atoms with E-state index in [-0.39, 0.29) is 12.6 Å². The van der Waals surface area contributed by atoms with Gasteiger partial charge in [0, 0.05) is 18.2 Å². The average molecular weight is 342 g/mol. The van der Waals surface area contributed by atoms with E-state index in [0.717, 1.165) is 11.1 Å². The first kappa shape index (κ1) is 16.7. The highest BCUT2D eigenvalue weighted by molar-refractivity contribution is 5.95. The molecule has 8 nitrogen and oxygen atoms in total. The molecule has 0 aliphatic carbocycles. The maximum atomic E-state index is 12.3. The maximum Gasteiger partial charge on any atom is 0.338 e. The van der Waals surface area contributed by atoms with E-state index in [2.05, 4.69) is 20.8 Å². The molecular weight excluding hydrogens is 324 g/mol. The molecule has 1 aromatic heterocycles. The van der Waals surface area contributed by atoms with Gasteiger partial charge in [0.1, 0.15) is 0 Å². The Balaban J connectivity index is 2.02. The second-order valence-corrected chi connectivity index (χ2v) is 5.55. The average Bonchev–Trinajstić information content (AvgIpc) is 3.01. The fourth-order valence-electron chi connectivity index (χ4n) is 2.70. The Morgan fingerprint density at radius 1 is 1.36 bits per heavy atom. The summed E-state index contributed by atoms with van der Waals surface area (Å²) in [5.41, 5.74) is 2.27. The van der Waals surface area contributed by atoms with Crippen LogP contribution in [-0.2, 0) is 9.53 Å². The van der Waals surface area contributed by atoms with Gasteiger partial charge < -0.3 is 19.9 Å². The summed E-state index contributed by atoms with van der Waals surface area (Å²) in [6, 6.07) is 6.27. The highest BCUT2D eigenvalue weighted by Gasteiger charge is 2.32. The molecule has 2 amide bonds. The zero-order valence-electron chi connectivity index (χ0n) is 14.1. The molecule has 8 heteroatoms. The van der Waals surface area contributed by atoms with Crippen LogP contribution in [0.15, 0.2) is 40.1 Å².